The van der Waals surface area contributed by atoms with Crippen LogP contribution in [0.15, 0.2) is 36.5 Å². The molecule has 0 spiro atoms. The molecular formula is C19H25FN2O. The molecule has 1 aromatic carbocycles. The topological polar surface area (TPSA) is 48.1 Å². The summed E-state index contributed by atoms with van der Waals surface area (Å²) in [6.45, 7) is 8.38. The molecule has 23 heavy (non-hydrogen) atoms. The lowest BCUT2D eigenvalue weighted by Gasteiger charge is -2.23. The summed E-state index contributed by atoms with van der Waals surface area (Å²) in [7, 11) is 0. The highest BCUT2D eigenvalue weighted by Gasteiger charge is 2.16. The summed E-state index contributed by atoms with van der Waals surface area (Å²) in [5.41, 5.74) is 8.42. The second-order valence-corrected chi connectivity index (χ2v) is 6.94. The molecule has 1 heterocycles. The van der Waals surface area contributed by atoms with Crippen molar-refractivity contribution in [1.82, 2.24) is 4.98 Å². The van der Waals surface area contributed by atoms with Crippen molar-refractivity contribution in [2.45, 2.75) is 39.7 Å². The molecule has 124 valence electrons. The van der Waals surface area contributed by atoms with Crippen molar-refractivity contribution in [3.63, 3.8) is 0 Å². The number of aryl methyl sites for hydroxylation is 1. The molecule has 3 nitrogen and oxygen atoms in total. The number of pyridine rings is 1. The first kappa shape index (κ1) is 17.4. The molecule has 2 N–H and O–H groups in total. The van der Waals surface area contributed by atoms with Gasteiger partial charge < -0.3 is 10.5 Å². The van der Waals surface area contributed by atoms with Gasteiger partial charge in [0, 0.05) is 17.4 Å². The second-order valence-electron chi connectivity index (χ2n) is 6.94. The predicted octanol–water partition coefficient (Wildman–Crippen LogP) is 4.34. The van der Waals surface area contributed by atoms with Crippen molar-refractivity contribution in [2.75, 3.05) is 6.61 Å². The van der Waals surface area contributed by atoms with E-state index >= 15 is 0 Å². The number of halogens is 1. The highest BCUT2D eigenvalue weighted by atomic mass is 19.1. The van der Waals surface area contributed by atoms with E-state index in [0.717, 1.165) is 23.2 Å². The van der Waals surface area contributed by atoms with Crippen molar-refractivity contribution in [3.8, 4) is 16.9 Å². The van der Waals surface area contributed by atoms with Gasteiger partial charge in [0.05, 0.1) is 6.61 Å². The Kier molecular flexibility index (Phi) is 5.37. The number of hydrogen-bond donors (Lipinski definition) is 1. The van der Waals surface area contributed by atoms with Crippen LogP contribution < -0.4 is 10.5 Å². The molecule has 1 aromatic heterocycles. The van der Waals surface area contributed by atoms with Crippen LogP contribution in [0.5, 0.6) is 5.75 Å². The number of aromatic nitrogens is 1. The zero-order valence-electron chi connectivity index (χ0n) is 14.3. The van der Waals surface area contributed by atoms with E-state index in [1.165, 1.54) is 6.07 Å². The third kappa shape index (κ3) is 5.32. The standard InChI is InChI=1S/C19H25FN2O/c1-13(11-19(3,4)21)12-23-18-6-5-15(10-17(18)20)16-7-8-22-14(2)9-16/h5-10,13H,11-12,21H2,1-4H3. The van der Waals surface area contributed by atoms with E-state index in [4.69, 9.17) is 10.5 Å². The van der Waals surface area contributed by atoms with Crippen molar-refractivity contribution >= 4 is 0 Å². The van der Waals surface area contributed by atoms with E-state index in [2.05, 4.69) is 11.9 Å². The Morgan fingerprint density at radius 3 is 2.52 bits per heavy atom. The van der Waals surface area contributed by atoms with E-state index in [0.29, 0.717) is 6.61 Å². The van der Waals surface area contributed by atoms with Crippen LogP contribution >= 0.6 is 0 Å². The third-order valence-electron chi connectivity index (χ3n) is 3.56. The monoisotopic (exact) mass is 316 g/mol. The van der Waals surface area contributed by atoms with E-state index in [-0.39, 0.29) is 23.0 Å². The molecule has 1 atom stereocenters. The molecule has 2 aromatic rings. The van der Waals surface area contributed by atoms with Gasteiger partial charge in [0.1, 0.15) is 0 Å². The Labute approximate surface area is 137 Å². The molecule has 4 heteroatoms. The second kappa shape index (κ2) is 7.09. The third-order valence-corrected chi connectivity index (χ3v) is 3.56. The number of ether oxygens (including phenoxy) is 1. The summed E-state index contributed by atoms with van der Waals surface area (Å²) in [5, 5.41) is 0. The first-order valence-electron chi connectivity index (χ1n) is 7.89. The molecule has 1 unspecified atom stereocenters. The molecule has 0 aliphatic carbocycles. The van der Waals surface area contributed by atoms with Crippen LogP contribution in [-0.4, -0.2) is 17.1 Å². The first-order valence-corrected chi connectivity index (χ1v) is 7.89. The average Bonchev–Trinajstić information content (AvgIpc) is 2.44. The number of rotatable bonds is 6. The molecule has 0 saturated carbocycles. The van der Waals surface area contributed by atoms with E-state index in [1.54, 1.807) is 12.3 Å². The summed E-state index contributed by atoms with van der Waals surface area (Å²) in [5.74, 6) is 0.189. The fraction of sp³-hybridized carbons (Fsp3) is 0.421. The van der Waals surface area contributed by atoms with Crippen LogP contribution in [0, 0.1) is 18.7 Å². The van der Waals surface area contributed by atoms with Crippen LogP contribution in [0.4, 0.5) is 4.39 Å². The normalized spacial score (nSPS) is 13.0. The summed E-state index contributed by atoms with van der Waals surface area (Å²) in [6.07, 6.45) is 2.55. The Hall–Kier alpha value is -1.94. The Balaban J connectivity index is 2.05. The highest BCUT2D eigenvalue weighted by molar-refractivity contribution is 5.64. The molecule has 0 amide bonds. The van der Waals surface area contributed by atoms with Gasteiger partial charge in [0.2, 0.25) is 0 Å². The van der Waals surface area contributed by atoms with Gasteiger partial charge in [-0.1, -0.05) is 13.0 Å². The van der Waals surface area contributed by atoms with Crippen molar-refractivity contribution in [1.29, 1.82) is 0 Å². The van der Waals surface area contributed by atoms with Gasteiger partial charge in [-0.25, -0.2) is 4.39 Å². The maximum atomic E-state index is 14.3. The lowest BCUT2D eigenvalue weighted by molar-refractivity contribution is 0.222. The summed E-state index contributed by atoms with van der Waals surface area (Å²) in [4.78, 5) is 4.15. The van der Waals surface area contributed by atoms with Gasteiger partial charge in [-0.05, 0) is 68.5 Å². The van der Waals surface area contributed by atoms with Gasteiger partial charge in [-0.2, -0.15) is 0 Å². The molecule has 2 rings (SSSR count). The van der Waals surface area contributed by atoms with Crippen molar-refractivity contribution in [2.24, 2.45) is 11.7 Å². The maximum Gasteiger partial charge on any atom is 0.165 e. The minimum atomic E-state index is -0.351. The Morgan fingerprint density at radius 1 is 1.22 bits per heavy atom. The minimum absolute atomic E-state index is 0.246. The fourth-order valence-electron chi connectivity index (χ4n) is 2.71. The highest BCUT2D eigenvalue weighted by Crippen LogP contribution is 2.26. The summed E-state index contributed by atoms with van der Waals surface area (Å²) < 4.78 is 19.9. The van der Waals surface area contributed by atoms with E-state index in [9.17, 15) is 4.39 Å². The molecule has 0 saturated heterocycles. The predicted molar refractivity (Wildman–Crippen MR) is 91.9 cm³/mol. The average molecular weight is 316 g/mol. The maximum absolute atomic E-state index is 14.3. The first-order chi connectivity index (χ1) is 10.7. The fourth-order valence-corrected chi connectivity index (χ4v) is 2.71. The number of benzene rings is 1. The largest absolute Gasteiger partial charge is 0.490 e. The lowest BCUT2D eigenvalue weighted by Crippen LogP contribution is -2.35. The number of nitrogens with two attached hydrogens (primary N) is 1. The van der Waals surface area contributed by atoms with Gasteiger partial charge in [-0.15, -0.1) is 0 Å². The van der Waals surface area contributed by atoms with Gasteiger partial charge in [0.15, 0.2) is 11.6 Å². The molecule has 0 radical (unpaired) electrons. The molecule has 0 aliphatic rings. The molecule has 0 fully saturated rings. The summed E-state index contributed by atoms with van der Waals surface area (Å²) in [6, 6.07) is 8.85. The smallest absolute Gasteiger partial charge is 0.165 e. The van der Waals surface area contributed by atoms with Crippen LogP contribution in [0.1, 0.15) is 32.9 Å². The summed E-state index contributed by atoms with van der Waals surface area (Å²) >= 11 is 0. The van der Waals surface area contributed by atoms with E-state index in [1.807, 2.05) is 39.0 Å². The quantitative estimate of drug-likeness (QED) is 0.862. The molecule has 0 bridgehead atoms. The zero-order valence-corrected chi connectivity index (χ0v) is 14.3. The van der Waals surface area contributed by atoms with E-state index < -0.39 is 0 Å². The Morgan fingerprint density at radius 2 is 1.91 bits per heavy atom. The number of nitrogens with zero attached hydrogens (tertiary/aromatic N) is 1. The van der Waals surface area contributed by atoms with Gasteiger partial charge >= 0.3 is 0 Å². The minimum Gasteiger partial charge on any atom is -0.490 e. The van der Waals surface area contributed by atoms with Gasteiger partial charge in [0.25, 0.3) is 0 Å². The van der Waals surface area contributed by atoms with Crippen LogP contribution in [0.2, 0.25) is 0 Å². The number of hydrogen-bond acceptors (Lipinski definition) is 3. The van der Waals surface area contributed by atoms with Crippen LogP contribution in [-0.2, 0) is 0 Å². The van der Waals surface area contributed by atoms with Crippen LogP contribution in [0.25, 0.3) is 11.1 Å². The molecule has 0 aliphatic heterocycles. The SMILES string of the molecule is Cc1cc(-c2ccc(OCC(C)CC(C)(C)N)c(F)c2)ccn1. The van der Waals surface area contributed by atoms with Crippen molar-refractivity contribution in [3.05, 3.63) is 48.0 Å². The molecular weight excluding hydrogens is 291 g/mol. The van der Waals surface area contributed by atoms with Crippen LogP contribution in [0.3, 0.4) is 0 Å². The Bertz CT molecular complexity index is 665. The zero-order chi connectivity index (χ0) is 17.0. The lowest BCUT2D eigenvalue weighted by atomic mass is 9.93. The van der Waals surface area contributed by atoms with Crippen molar-refractivity contribution < 1.29 is 9.13 Å². The van der Waals surface area contributed by atoms with Gasteiger partial charge in [-0.3, -0.25) is 4.98 Å².